The first kappa shape index (κ1) is 19.6. The van der Waals surface area contributed by atoms with Crippen LogP contribution < -0.4 is 0 Å². The number of aliphatic hydroxyl groups is 4. The van der Waals surface area contributed by atoms with Gasteiger partial charge in [0, 0.05) is 6.61 Å². The van der Waals surface area contributed by atoms with Crippen molar-refractivity contribution in [1.82, 2.24) is 0 Å². The maximum Gasteiger partial charge on any atom is 0.0753 e. The molecule has 0 aliphatic heterocycles. The molecule has 2 aliphatic rings. The number of fused-ring (bicyclic) bond motifs is 1. The molecule has 0 aromatic carbocycles. The highest BCUT2D eigenvalue weighted by Crippen LogP contribution is 2.61. The predicted molar refractivity (Wildman–Crippen MR) is 95.4 cm³/mol. The van der Waals surface area contributed by atoms with Crippen LogP contribution in [0.15, 0.2) is 23.8 Å². The van der Waals surface area contributed by atoms with Gasteiger partial charge in [-0.2, -0.15) is 0 Å². The molecule has 6 atom stereocenters. The van der Waals surface area contributed by atoms with Crippen molar-refractivity contribution < 1.29 is 20.4 Å². The summed E-state index contributed by atoms with van der Waals surface area (Å²) >= 11 is 0. The number of aliphatic hydroxyl groups excluding tert-OH is 4. The van der Waals surface area contributed by atoms with Crippen molar-refractivity contribution in [3.63, 3.8) is 0 Å². The minimum Gasteiger partial charge on any atom is -0.396 e. The zero-order valence-corrected chi connectivity index (χ0v) is 15.3. The van der Waals surface area contributed by atoms with Crippen LogP contribution in [0.3, 0.4) is 0 Å². The van der Waals surface area contributed by atoms with E-state index in [0.29, 0.717) is 19.3 Å². The van der Waals surface area contributed by atoms with Gasteiger partial charge in [0.05, 0.1) is 18.8 Å². The number of allylic oxidation sites excluding steroid dienone is 1. The summed E-state index contributed by atoms with van der Waals surface area (Å²) in [6, 6.07) is 0. The monoisotopic (exact) mass is 338 g/mol. The van der Waals surface area contributed by atoms with Gasteiger partial charge in [0.1, 0.15) is 0 Å². The van der Waals surface area contributed by atoms with Gasteiger partial charge in [-0.25, -0.2) is 0 Å². The van der Waals surface area contributed by atoms with Gasteiger partial charge < -0.3 is 20.4 Å². The molecule has 4 heteroatoms. The van der Waals surface area contributed by atoms with E-state index in [4.69, 9.17) is 5.11 Å². The largest absolute Gasteiger partial charge is 0.396 e. The Bertz CT molecular complexity index is 500. The molecule has 24 heavy (non-hydrogen) atoms. The third kappa shape index (κ3) is 3.48. The molecule has 0 heterocycles. The highest BCUT2D eigenvalue weighted by atomic mass is 16.3. The minimum atomic E-state index is -0.545. The molecule has 4 nitrogen and oxygen atoms in total. The Morgan fingerprint density at radius 1 is 1.25 bits per heavy atom. The Morgan fingerprint density at radius 3 is 2.50 bits per heavy atom. The molecular formula is C20H34O4. The highest BCUT2D eigenvalue weighted by Gasteiger charge is 2.58. The van der Waals surface area contributed by atoms with Crippen molar-refractivity contribution in [2.24, 2.45) is 22.7 Å². The van der Waals surface area contributed by atoms with E-state index >= 15 is 0 Å². The summed E-state index contributed by atoms with van der Waals surface area (Å²) < 4.78 is 0. The molecule has 138 valence electrons. The van der Waals surface area contributed by atoms with Gasteiger partial charge in [-0.1, -0.05) is 32.1 Å². The molecule has 0 aromatic heterocycles. The van der Waals surface area contributed by atoms with Crippen LogP contribution in [0.4, 0.5) is 0 Å². The van der Waals surface area contributed by atoms with Crippen LogP contribution in [-0.2, 0) is 0 Å². The van der Waals surface area contributed by atoms with Gasteiger partial charge in [-0.05, 0) is 67.3 Å². The van der Waals surface area contributed by atoms with Gasteiger partial charge in [-0.15, -0.1) is 0 Å². The lowest BCUT2D eigenvalue weighted by Crippen LogP contribution is -2.57. The lowest BCUT2D eigenvalue weighted by molar-refractivity contribution is -0.145. The van der Waals surface area contributed by atoms with Crippen LogP contribution in [-0.4, -0.2) is 45.8 Å². The third-order valence-corrected chi connectivity index (χ3v) is 6.77. The van der Waals surface area contributed by atoms with Crippen LogP contribution >= 0.6 is 0 Å². The molecule has 0 aromatic rings. The number of hydrogen-bond acceptors (Lipinski definition) is 4. The molecule has 4 N–H and O–H groups in total. The molecule has 0 radical (unpaired) electrons. The predicted octanol–water partition coefficient (Wildman–Crippen LogP) is 2.42. The summed E-state index contributed by atoms with van der Waals surface area (Å²) in [5.74, 6) is 0.264. The van der Waals surface area contributed by atoms with Gasteiger partial charge in [0.15, 0.2) is 0 Å². The van der Waals surface area contributed by atoms with Crippen molar-refractivity contribution in [2.45, 2.75) is 65.1 Å². The van der Waals surface area contributed by atoms with Crippen molar-refractivity contribution in [1.29, 1.82) is 0 Å². The van der Waals surface area contributed by atoms with E-state index in [1.165, 1.54) is 0 Å². The molecule has 0 unspecified atom stereocenters. The highest BCUT2D eigenvalue weighted by molar-refractivity contribution is 5.21. The summed E-state index contributed by atoms with van der Waals surface area (Å²) in [6.07, 6.45) is 4.41. The number of rotatable bonds is 5. The van der Waals surface area contributed by atoms with Crippen LogP contribution in [0.1, 0.15) is 52.9 Å². The molecular weight excluding hydrogens is 304 g/mol. The van der Waals surface area contributed by atoms with Crippen molar-refractivity contribution in [3.05, 3.63) is 23.8 Å². The van der Waals surface area contributed by atoms with Gasteiger partial charge in [0.2, 0.25) is 0 Å². The average molecular weight is 338 g/mol. The quantitative estimate of drug-likeness (QED) is 0.580. The fourth-order valence-corrected chi connectivity index (χ4v) is 5.49. The SMILES string of the molecule is C=C1[C@@H](O)C[C@@H]2[C@](C)(CO)C[C@@H](O)C[C@@]2(C)[C@H]1CC/C(C)=C\CO. The first-order chi connectivity index (χ1) is 11.2. The van der Waals surface area contributed by atoms with E-state index in [-0.39, 0.29) is 35.9 Å². The van der Waals surface area contributed by atoms with E-state index in [0.717, 1.165) is 24.0 Å². The standard InChI is InChI=1S/C20H34O4/c1-13(7-8-21)5-6-16-14(2)17(24)9-18-19(3,12-22)10-15(23)11-20(16,18)4/h7,15-18,21-24H,2,5-6,8-12H2,1,3-4H3/b13-7-/t15-,16+,17+,18-,19+,20+/m1/s1. The molecule has 2 rings (SSSR count). The third-order valence-electron chi connectivity index (χ3n) is 6.77. The fraction of sp³-hybridized carbons (Fsp3) is 0.800. The zero-order chi connectivity index (χ0) is 18.1. The first-order valence-electron chi connectivity index (χ1n) is 9.10. The summed E-state index contributed by atoms with van der Waals surface area (Å²) in [5.41, 5.74) is 1.44. The molecule has 0 bridgehead atoms. The van der Waals surface area contributed by atoms with Gasteiger partial charge in [-0.3, -0.25) is 0 Å². The topological polar surface area (TPSA) is 80.9 Å². The fourth-order valence-electron chi connectivity index (χ4n) is 5.49. The minimum absolute atomic E-state index is 0.0275. The zero-order valence-electron chi connectivity index (χ0n) is 15.3. The number of hydrogen-bond donors (Lipinski definition) is 4. The Kier molecular flexibility index (Phi) is 5.96. The van der Waals surface area contributed by atoms with E-state index in [2.05, 4.69) is 13.5 Å². The summed E-state index contributed by atoms with van der Waals surface area (Å²) in [5, 5.41) is 40.1. The van der Waals surface area contributed by atoms with Crippen molar-refractivity contribution in [3.8, 4) is 0 Å². The maximum atomic E-state index is 10.6. The Morgan fingerprint density at radius 2 is 1.92 bits per heavy atom. The summed E-state index contributed by atoms with van der Waals surface area (Å²) in [6.45, 7) is 10.5. The molecule has 2 aliphatic carbocycles. The lowest BCUT2D eigenvalue weighted by atomic mass is 9.46. The summed E-state index contributed by atoms with van der Waals surface area (Å²) in [4.78, 5) is 0. The van der Waals surface area contributed by atoms with Crippen LogP contribution in [0.25, 0.3) is 0 Å². The van der Waals surface area contributed by atoms with Crippen LogP contribution in [0, 0.1) is 22.7 Å². The molecule has 2 saturated carbocycles. The summed E-state index contributed by atoms with van der Waals surface area (Å²) in [7, 11) is 0. The Labute approximate surface area is 145 Å². The molecule has 0 amide bonds. The van der Waals surface area contributed by atoms with Gasteiger partial charge in [0.25, 0.3) is 0 Å². The van der Waals surface area contributed by atoms with Crippen molar-refractivity contribution in [2.75, 3.05) is 13.2 Å². The molecule has 2 fully saturated rings. The Hall–Kier alpha value is -0.680. The second kappa shape index (κ2) is 7.28. The van der Waals surface area contributed by atoms with Crippen molar-refractivity contribution >= 4 is 0 Å². The molecule has 0 spiro atoms. The van der Waals surface area contributed by atoms with Crippen LogP contribution in [0.5, 0.6) is 0 Å². The molecule has 0 saturated heterocycles. The van der Waals surface area contributed by atoms with Gasteiger partial charge >= 0.3 is 0 Å². The van der Waals surface area contributed by atoms with E-state index in [1.807, 2.05) is 19.9 Å². The second-order valence-electron chi connectivity index (χ2n) is 8.58. The smallest absolute Gasteiger partial charge is 0.0753 e. The van der Waals surface area contributed by atoms with E-state index < -0.39 is 12.2 Å². The normalized spacial score (nSPS) is 43.6. The lowest BCUT2D eigenvalue weighted by Gasteiger charge is -2.60. The van der Waals surface area contributed by atoms with Crippen LogP contribution in [0.2, 0.25) is 0 Å². The Balaban J connectivity index is 2.33. The second-order valence-corrected chi connectivity index (χ2v) is 8.58. The van der Waals surface area contributed by atoms with E-state index in [9.17, 15) is 15.3 Å². The van der Waals surface area contributed by atoms with E-state index in [1.54, 1.807) is 0 Å². The average Bonchev–Trinajstić information content (AvgIpc) is 2.49. The first-order valence-corrected chi connectivity index (χ1v) is 9.10. The maximum absolute atomic E-state index is 10.6.